The molecule has 2 aromatic heterocycles. The fourth-order valence-corrected chi connectivity index (χ4v) is 2.12. The maximum atomic E-state index is 4.12. The SMILES string of the molecule is CCCNCc1cn(Cc2ccsc2)nn1. The lowest BCUT2D eigenvalue weighted by Crippen LogP contribution is -2.13. The predicted molar refractivity (Wildman–Crippen MR) is 65.4 cm³/mol. The lowest BCUT2D eigenvalue weighted by Gasteiger charge is -1.97. The van der Waals surface area contributed by atoms with E-state index < -0.39 is 0 Å². The van der Waals surface area contributed by atoms with Crippen molar-refractivity contribution in [2.75, 3.05) is 6.54 Å². The first-order chi connectivity index (χ1) is 7.88. The zero-order valence-corrected chi connectivity index (χ0v) is 10.2. The first-order valence-corrected chi connectivity index (χ1v) is 6.43. The number of hydrogen-bond acceptors (Lipinski definition) is 4. The molecule has 2 heterocycles. The molecule has 0 aliphatic heterocycles. The van der Waals surface area contributed by atoms with E-state index in [1.165, 1.54) is 5.56 Å². The van der Waals surface area contributed by atoms with E-state index >= 15 is 0 Å². The number of rotatable bonds is 6. The van der Waals surface area contributed by atoms with Gasteiger partial charge in [-0.05, 0) is 35.4 Å². The van der Waals surface area contributed by atoms with Gasteiger partial charge >= 0.3 is 0 Å². The molecule has 0 fully saturated rings. The van der Waals surface area contributed by atoms with E-state index in [0.29, 0.717) is 0 Å². The van der Waals surface area contributed by atoms with Crippen LogP contribution in [-0.4, -0.2) is 21.5 Å². The van der Waals surface area contributed by atoms with Crippen molar-refractivity contribution < 1.29 is 0 Å². The van der Waals surface area contributed by atoms with Crippen LogP contribution in [0.1, 0.15) is 24.6 Å². The fraction of sp³-hybridized carbons (Fsp3) is 0.455. The lowest BCUT2D eigenvalue weighted by molar-refractivity contribution is 0.646. The Kier molecular flexibility index (Phi) is 4.07. The molecule has 0 unspecified atom stereocenters. The van der Waals surface area contributed by atoms with Crippen molar-refractivity contribution in [3.05, 3.63) is 34.3 Å². The Bertz CT molecular complexity index is 407. The molecule has 0 aromatic carbocycles. The van der Waals surface area contributed by atoms with Gasteiger partial charge in [-0.15, -0.1) is 5.10 Å². The monoisotopic (exact) mass is 236 g/mol. The second kappa shape index (κ2) is 5.77. The largest absolute Gasteiger partial charge is 0.311 e. The molecular weight excluding hydrogens is 220 g/mol. The second-order valence-electron chi connectivity index (χ2n) is 3.72. The Hall–Kier alpha value is -1.20. The molecule has 0 spiro atoms. The molecule has 2 aromatic rings. The summed E-state index contributed by atoms with van der Waals surface area (Å²) < 4.78 is 1.88. The molecule has 1 N–H and O–H groups in total. The molecule has 0 saturated heterocycles. The highest BCUT2D eigenvalue weighted by atomic mass is 32.1. The Labute approximate surface area is 99.3 Å². The summed E-state index contributed by atoms with van der Waals surface area (Å²) in [5.74, 6) is 0. The maximum Gasteiger partial charge on any atom is 0.0964 e. The highest BCUT2D eigenvalue weighted by molar-refractivity contribution is 7.07. The highest BCUT2D eigenvalue weighted by Gasteiger charge is 2.01. The van der Waals surface area contributed by atoms with E-state index in [4.69, 9.17) is 0 Å². The Balaban J connectivity index is 1.87. The van der Waals surface area contributed by atoms with Crippen LogP contribution in [0.5, 0.6) is 0 Å². The van der Waals surface area contributed by atoms with Crippen LogP contribution in [0, 0.1) is 0 Å². The van der Waals surface area contributed by atoms with Crippen molar-refractivity contribution in [3.8, 4) is 0 Å². The maximum absolute atomic E-state index is 4.12. The lowest BCUT2D eigenvalue weighted by atomic mass is 10.3. The number of hydrogen-bond donors (Lipinski definition) is 1. The summed E-state index contributed by atoms with van der Waals surface area (Å²) in [7, 11) is 0. The third-order valence-electron chi connectivity index (χ3n) is 2.24. The normalized spacial score (nSPS) is 10.8. The van der Waals surface area contributed by atoms with Crippen LogP contribution in [0.3, 0.4) is 0 Å². The Morgan fingerprint density at radius 1 is 1.50 bits per heavy atom. The average Bonchev–Trinajstić information content (AvgIpc) is 2.91. The van der Waals surface area contributed by atoms with Gasteiger partial charge in [-0.2, -0.15) is 11.3 Å². The van der Waals surface area contributed by atoms with Crippen LogP contribution in [0.4, 0.5) is 0 Å². The molecule has 86 valence electrons. The zero-order valence-electron chi connectivity index (χ0n) is 9.39. The summed E-state index contributed by atoms with van der Waals surface area (Å²) in [6.45, 7) is 4.79. The van der Waals surface area contributed by atoms with Crippen molar-refractivity contribution in [2.45, 2.75) is 26.4 Å². The smallest absolute Gasteiger partial charge is 0.0964 e. The number of nitrogens with one attached hydrogen (secondary N) is 1. The molecule has 16 heavy (non-hydrogen) atoms. The van der Waals surface area contributed by atoms with Crippen molar-refractivity contribution in [1.82, 2.24) is 20.3 Å². The van der Waals surface area contributed by atoms with Crippen molar-refractivity contribution in [2.24, 2.45) is 0 Å². The summed E-state index contributed by atoms with van der Waals surface area (Å²) in [4.78, 5) is 0. The molecule has 0 radical (unpaired) electrons. The van der Waals surface area contributed by atoms with Crippen LogP contribution in [0.15, 0.2) is 23.0 Å². The Morgan fingerprint density at radius 2 is 2.44 bits per heavy atom. The van der Waals surface area contributed by atoms with Gasteiger partial charge in [-0.1, -0.05) is 12.1 Å². The molecule has 0 atom stereocenters. The predicted octanol–water partition coefficient (Wildman–Crippen LogP) is 1.89. The van der Waals surface area contributed by atoms with Crippen LogP contribution in [-0.2, 0) is 13.1 Å². The van der Waals surface area contributed by atoms with E-state index in [1.54, 1.807) is 11.3 Å². The number of thiophene rings is 1. The van der Waals surface area contributed by atoms with E-state index in [0.717, 1.165) is 31.7 Å². The van der Waals surface area contributed by atoms with Gasteiger partial charge in [0, 0.05) is 6.54 Å². The minimum Gasteiger partial charge on any atom is -0.311 e. The summed E-state index contributed by atoms with van der Waals surface area (Å²) in [5.41, 5.74) is 2.28. The number of nitrogens with zero attached hydrogens (tertiary/aromatic N) is 3. The zero-order chi connectivity index (χ0) is 11.2. The van der Waals surface area contributed by atoms with E-state index in [-0.39, 0.29) is 0 Å². The summed E-state index contributed by atoms with van der Waals surface area (Å²) >= 11 is 1.71. The molecular formula is C11H16N4S. The van der Waals surface area contributed by atoms with Crippen LogP contribution >= 0.6 is 11.3 Å². The van der Waals surface area contributed by atoms with Crippen molar-refractivity contribution in [3.63, 3.8) is 0 Å². The van der Waals surface area contributed by atoms with E-state index in [9.17, 15) is 0 Å². The minimum absolute atomic E-state index is 0.803. The van der Waals surface area contributed by atoms with Crippen molar-refractivity contribution in [1.29, 1.82) is 0 Å². The third kappa shape index (κ3) is 3.15. The first kappa shape index (κ1) is 11.3. The van der Waals surface area contributed by atoms with Gasteiger partial charge in [-0.25, -0.2) is 4.68 Å². The molecule has 0 saturated carbocycles. The van der Waals surface area contributed by atoms with Gasteiger partial charge in [0.15, 0.2) is 0 Å². The summed E-state index contributed by atoms with van der Waals surface area (Å²) in [6, 6.07) is 2.11. The second-order valence-corrected chi connectivity index (χ2v) is 4.50. The first-order valence-electron chi connectivity index (χ1n) is 5.49. The van der Waals surface area contributed by atoms with Gasteiger partial charge in [0.25, 0.3) is 0 Å². The molecule has 0 aliphatic rings. The molecule has 0 aliphatic carbocycles. The minimum atomic E-state index is 0.803. The van der Waals surface area contributed by atoms with Crippen LogP contribution in [0.2, 0.25) is 0 Å². The third-order valence-corrected chi connectivity index (χ3v) is 2.98. The summed E-state index contributed by atoms with van der Waals surface area (Å²) in [6.07, 6.45) is 3.14. The van der Waals surface area contributed by atoms with E-state index in [1.807, 2.05) is 10.9 Å². The van der Waals surface area contributed by atoms with Crippen LogP contribution in [0.25, 0.3) is 0 Å². The quantitative estimate of drug-likeness (QED) is 0.779. The highest BCUT2D eigenvalue weighted by Crippen LogP contribution is 2.07. The van der Waals surface area contributed by atoms with Gasteiger partial charge < -0.3 is 5.32 Å². The fourth-order valence-electron chi connectivity index (χ4n) is 1.46. The van der Waals surface area contributed by atoms with E-state index in [2.05, 4.69) is 39.4 Å². The summed E-state index contributed by atoms with van der Waals surface area (Å²) in [5, 5.41) is 15.7. The molecule has 2 rings (SSSR count). The van der Waals surface area contributed by atoms with Gasteiger partial charge in [0.05, 0.1) is 18.4 Å². The molecule has 0 bridgehead atoms. The molecule has 4 nitrogen and oxygen atoms in total. The molecule has 0 amide bonds. The van der Waals surface area contributed by atoms with Crippen LogP contribution < -0.4 is 5.32 Å². The van der Waals surface area contributed by atoms with Gasteiger partial charge in [0.1, 0.15) is 0 Å². The standard InChI is InChI=1S/C11H16N4S/c1-2-4-12-6-11-8-15(14-13-11)7-10-3-5-16-9-10/h3,5,8-9,12H,2,4,6-7H2,1H3. The Morgan fingerprint density at radius 3 is 3.19 bits per heavy atom. The number of aromatic nitrogens is 3. The average molecular weight is 236 g/mol. The topological polar surface area (TPSA) is 42.7 Å². The van der Waals surface area contributed by atoms with Gasteiger partial charge in [0.2, 0.25) is 0 Å². The van der Waals surface area contributed by atoms with Crippen molar-refractivity contribution >= 4 is 11.3 Å². The van der Waals surface area contributed by atoms with Gasteiger partial charge in [-0.3, -0.25) is 0 Å². The molecule has 5 heteroatoms.